The largest absolute Gasteiger partial charge is 0.481 e. The van der Waals surface area contributed by atoms with E-state index in [0.717, 1.165) is 5.56 Å². The number of nitrogen functional groups attached to an aromatic ring is 1. The zero-order chi connectivity index (χ0) is 14.5. The van der Waals surface area contributed by atoms with Gasteiger partial charge in [-0.1, -0.05) is 6.07 Å². The summed E-state index contributed by atoms with van der Waals surface area (Å²) in [4.78, 5) is 18.3. The predicted octanol–water partition coefficient (Wildman–Crippen LogP) is 1.59. The minimum absolute atomic E-state index is 0.124. The molecule has 2 heterocycles. The maximum Gasteiger partial charge on any atom is 0.311 e. The molecule has 0 unspecified atom stereocenters. The van der Waals surface area contributed by atoms with Crippen LogP contribution in [-0.4, -0.2) is 22.0 Å². The van der Waals surface area contributed by atoms with Crippen LogP contribution in [0.3, 0.4) is 0 Å². The second-order valence-corrected chi connectivity index (χ2v) is 3.92. The van der Waals surface area contributed by atoms with Crippen LogP contribution in [0.1, 0.15) is 5.56 Å². The third kappa shape index (κ3) is 3.10. The van der Waals surface area contributed by atoms with E-state index in [1.165, 1.54) is 19.2 Å². The Morgan fingerprint density at radius 1 is 1.40 bits per heavy atom. The molecule has 2 rings (SSSR count). The molecule has 0 aromatic carbocycles. The quantitative estimate of drug-likeness (QED) is 0.628. The molecule has 0 bridgehead atoms. The maximum absolute atomic E-state index is 10.9. The van der Waals surface area contributed by atoms with E-state index in [1.807, 2.05) is 0 Å². The van der Waals surface area contributed by atoms with Gasteiger partial charge in [0, 0.05) is 24.9 Å². The summed E-state index contributed by atoms with van der Waals surface area (Å²) in [6.07, 6.45) is 1.62. The van der Waals surface area contributed by atoms with Crippen LogP contribution in [-0.2, 0) is 6.54 Å². The number of anilines is 2. The molecule has 0 aliphatic carbocycles. The molecule has 2 aromatic heterocycles. The van der Waals surface area contributed by atoms with E-state index in [0.29, 0.717) is 12.4 Å². The number of nitro groups is 1. The first-order valence-electron chi connectivity index (χ1n) is 5.74. The van der Waals surface area contributed by atoms with E-state index in [-0.39, 0.29) is 17.3 Å². The Labute approximate surface area is 114 Å². The lowest BCUT2D eigenvalue weighted by Gasteiger charge is -2.07. The molecule has 20 heavy (non-hydrogen) atoms. The van der Waals surface area contributed by atoms with Crippen molar-refractivity contribution in [2.24, 2.45) is 0 Å². The number of hydrogen-bond donors (Lipinski definition) is 2. The lowest BCUT2D eigenvalue weighted by atomic mass is 10.3. The maximum atomic E-state index is 10.9. The highest BCUT2D eigenvalue weighted by Crippen LogP contribution is 2.23. The summed E-state index contributed by atoms with van der Waals surface area (Å²) >= 11 is 0. The molecule has 0 saturated carbocycles. The standard InChI is InChI=1S/C12H13N5O3/c1-20-11-5-2-8(6-14-11)7-15-12-9(17(18)19)3-4-10(13)16-12/h2-6H,7H2,1H3,(H3,13,15,16). The van der Waals surface area contributed by atoms with Crippen molar-refractivity contribution < 1.29 is 9.66 Å². The van der Waals surface area contributed by atoms with E-state index < -0.39 is 4.92 Å². The van der Waals surface area contributed by atoms with E-state index in [4.69, 9.17) is 10.5 Å². The molecule has 2 aromatic rings. The zero-order valence-corrected chi connectivity index (χ0v) is 10.7. The monoisotopic (exact) mass is 275 g/mol. The average molecular weight is 275 g/mol. The number of methoxy groups -OCH3 is 1. The van der Waals surface area contributed by atoms with Crippen molar-refractivity contribution in [3.8, 4) is 5.88 Å². The fraction of sp³-hybridized carbons (Fsp3) is 0.167. The number of nitrogens with one attached hydrogen (secondary N) is 1. The van der Waals surface area contributed by atoms with Crippen LogP contribution in [0.25, 0.3) is 0 Å². The number of rotatable bonds is 5. The smallest absolute Gasteiger partial charge is 0.311 e. The Hall–Kier alpha value is -2.90. The van der Waals surface area contributed by atoms with Crippen molar-refractivity contribution >= 4 is 17.3 Å². The van der Waals surface area contributed by atoms with E-state index in [2.05, 4.69) is 15.3 Å². The van der Waals surface area contributed by atoms with Crippen LogP contribution < -0.4 is 15.8 Å². The van der Waals surface area contributed by atoms with Gasteiger partial charge in [0.15, 0.2) is 0 Å². The summed E-state index contributed by atoms with van der Waals surface area (Å²) in [6.45, 7) is 0.342. The zero-order valence-electron chi connectivity index (χ0n) is 10.7. The lowest BCUT2D eigenvalue weighted by molar-refractivity contribution is -0.384. The van der Waals surface area contributed by atoms with Crippen LogP contribution in [0.2, 0.25) is 0 Å². The summed E-state index contributed by atoms with van der Waals surface area (Å²) in [5.74, 6) is 0.846. The summed E-state index contributed by atoms with van der Waals surface area (Å²) < 4.78 is 4.95. The topological polar surface area (TPSA) is 116 Å². The van der Waals surface area contributed by atoms with Crippen LogP contribution in [0.5, 0.6) is 5.88 Å². The molecular formula is C12H13N5O3. The fourth-order valence-corrected chi connectivity index (χ4v) is 1.57. The van der Waals surface area contributed by atoms with Gasteiger partial charge >= 0.3 is 5.69 Å². The molecule has 104 valence electrons. The van der Waals surface area contributed by atoms with Crippen LogP contribution >= 0.6 is 0 Å². The number of nitrogens with two attached hydrogens (primary N) is 1. The normalized spacial score (nSPS) is 10.1. The first kappa shape index (κ1) is 13.5. The molecule has 0 aliphatic rings. The molecule has 0 saturated heterocycles. The van der Waals surface area contributed by atoms with Crippen molar-refractivity contribution in [3.63, 3.8) is 0 Å². The molecule has 0 amide bonds. The average Bonchev–Trinajstić information content (AvgIpc) is 2.45. The van der Waals surface area contributed by atoms with Crippen molar-refractivity contribution in [3.05, 3.63) is 46.1 Å². The van der Waals surface area contributed by atoms with Crippen molar-refractivity contribution in [1.29, 1.82) is 0 Å². The van der Waals surface area contributed by atoms with Gasteiger partial charge in [0.1, 0.15) is 5.82 Å². The first-order chi connectivity index (χ1) is 9.60. The number of aromatic nitrogens is 2. The molecule has 8 heteroatoms. The fourth-order valence-electron chi connectivity index (χ4n) is 1.57. The Balaban J connectivity index is 2.13. The molecule has 0 atom stereocenters. The SMILES string of the molecule is COc1ccc(CNc2nc(N)ccc2[N+](=O)[O-])cn1. The highest BCUT2D eigenvalue weighted by atomic mass is 16.6. The molecular weight excluding hydrogens is 262 g/mol. The van der Waals surface area contributed by atoms with Crippen LogP contribution in [0.4, 0.5) is 17.3 Å². The van der Waals surface area contributed by atoms with Crippen LogP contribution in [0.15, 0.2) is 30.5 Å². The van der Waals surface area contributed by atoms with Gasteiger partial charge in [-0.2, -0.15) is 0 Å². The van der Waals surface area contributed by atoms with Gasteiger partial charge in [0.25, 0.3) is 0 Å². The molecule has 8 nitrogen and oxygen atoms in total. The molecule has 0 spiro atoms. The third-order valence-corrected chi connectivity index (χ3v) is 2.56. The summed E-state index contributed by atoms with van der Waals surface area (Å²) in [6, 6.07) is 6.21. The van der Waals surface area contributed by atoms with Gasteiger partial charge in [-0.25, -0.2) is 9.97 Å². The molecule has 0 radical (unpaired) electrons. The summed E-state index contributed by atoms with van der Waals surface area (Å²) in [5, 5.41) is 13.8. The van der Waals surface area contributed by atoms with Crippen molar-refractivity contribution in [2.75, 3.05) is 18.2 Å². The highest BCUT2D eigenvalue weighted by molar-refractivity contribution is 5.59. The predicted molar refractivity (Wildman–Crippen MR) is 73.4 cm³/mol. The van der Waals surface area contributed by atoms with Crippen molar-refractivity contribution in [2.45, 2.75) is 6.54 Å². The summed E-state index contributed by atoms with van der Waals surface area (Å²) in [5.41, 5.74) is 6.24. The Morgan fingerprint density at radius 2 is 2.20 bits per heavy atom. The Kier molecular flexibility index (Phi) is 3.94. The van der Waals surface area contributed by atoms with E-state index in [9.17, 15) is 10.1 Å². The van der Waals surface area contributed by atoms with Gasteiger partial charge in [0.05, 0.1) is 12.0 Å². The Bertz CT molecular complexity index is 615. The Morgan fingerprint density at radius 3 is 2.80 bits per heavy atom. The van der Waals surface area contributed by atoms with Gasteiger partial charge in [0.2, 0.25) is 11.7 Å². The second kappa shape index (κ2) is 5.83. The minimum Gasteiger partial charge on any atom is -0.481 e. The van der Waals surface area contributed by atoms with Gasteiger partial charge < -0.3 is 15.8 Å². The highest BCUT2D eigenvalue weighted by Gasteiger charge is 2.15. The molecule has 0 aliphatic heterocycles. The lowest BCUT2D eigenvalue weighted by Crippen LogP contribution is -2.06. The van der Waals surface area contributed by atoms with Gasteiger partial charge in [-0.05, 0) is 11.6 Å². The van der Waals surface area contributed by atoms with Gasteiger partial charge in [-0.3, -0.25) is 10.1 Å². The second-order valence-electron chi connectivity index (χ2n) is 3.92. The van der Waals surface area contributed by atoms with Crippen molar-refractivity contribution in [1.82, 2.24) is 9.97 Å². The van der Waals surface area contributed by atoms with E-state index >= 15 is 0 Å². The van der Waals surface area contributed by atoms with Crippen LogP contribution in [0, 0.1) is 10.1 Å². The van der Waals surface area contributed by atoms with E-state index in [1.54, 1.807) is 18.3 Å². The van der Waals surface area contributed by atoms with Gasteiger partial charge in [-0.15, -0.1) is 0 Å². The molecule has 0 fully saturated rings. The molecule has 3 N–H and O–H groups in total. The summed E-state index contributed by atoms with van der Waals surface area (Å²) in [7, 11) is 1.53. The number of hydrogen-bond acceptors (Lipinski definition) is 7. The number of pyridine rings is 2. The third-order valence-electron chi connectivity index (χ3n) is 2.56. The number of nitrogens with zero attached hydrogens (tertiary/aromatic N) is 3. The minimum atomic E-state index is -0.513. The first-order valence-corrected chi connectivity index (χ1v) is 5.74. The number of ether oxygens (including phenoxy) is 1.